The standard InChI is InChI=1S/2C4H9.2C3H7NO3.Sn/c2*1-3-4-2;2*4-2(1-5)3(6)7;/h2*1,3-4H2,2H3;2*2,5H,1,4H2,(H,6,7);/q;;;;+2/p-2/t;;2*2-;/m..00./s1. The second-order valence-corrected chi connectivity index (χ2v) is 8.95. The molecule has 0 heterocycles. The van der Waals surface area contributed by atoms with E-state index >= 15 is 0 Å². The van der Waals surface area contributed by atoms with E-state index in [2.05, 4.69) is 13.8 Å². The largest absolute Gasteiger partial charge is 0.548 e. The predicted molar refractivity (Wildman–Crippen MR) is 85.3 cm³/mol. The molecule has 0 radical (unpaired) electrons. The van der Waals surface area contributed by atoms with Crippen molar-refractivity contribution in [2.45, 2.75) is 60.5 Å². The van der Waals surface area contributed by atoms with Gasteiger partial charge in [0.2, 0.25) is 0 Å². The molecule has 6 N–H and O–H groups in total. The first-order valence-electron chi connectivity index (χ1n) is 7.63. The van der Waals surface area contributed by atoms with E-state index in [0.29, 0.717) is 0 Å². The molecule has 0 aliphatic rings. The molecule has 0 aromatic rings. The third kappa shape index (κ3) is 26.8. The van der Waals surface area contributed by atoms with Crippen LogP contribution < -0.4 is 21.7 Å². The van der Waals surface area contributed by atoms with Crippen LogP contribution in [-0.4, -0.2) is 68.6 Å². The molecule has 0 rings (SSSR count). The Kier molecular flexibility index (Phi) is 25.7. The van der Waals surface area contributed by atoms with Crippen molar-refractivity contribution in [2.75, 3.05) is 13.2 Å². The summed E-state index contributed by atoms with van der Waals surface area (Å²) < 4.78 is 3.25. The molecule has 0 spiro atoms. The van der Waals surface area contributed by atoms with Crippen molar-refractivity contribution in [1.29, 1.82) is 0 Å². The van der Waals surface area contributed by atoms with Crippen LogP contribution in [0.15, 0.2) is 0 Å². The first-order valence-corrected chi connectivity index (χ1v) is 11.7. The van der Waals surface area contributed by atoms with Crippen LogP contribution in [0.4, 0.5) is 0 Å². The minimum absolute atomic E-state index is 0.149. The maximum absolute atomic E-state index is 9.53. The number of carbonyl (C=O) groups excluding carboxylic acids is 2. The van der Waals surface area contributed by atoms with E-state index in [1.807, 2.05) is 0 Å². The Balaban J connectivity index is -0.000000264. The van der Waals surface area contributed by atoms with E-state index in [1.54, 1.807) is 8.87 Å². The van der Waals surface area contributed by atoms with Crippen LogP contribution in [-0.2, 0) is 9.59 Å². The fraction of sp³-hybridized carbons (Fsp3) is 0.857. The summed E-state index contributed by atoms with van der Waals surface area (Å²) in [6.45, 7) is 3.45. The van der Waals surface area contributed by atoms with Crippen LogP contribution >= 0.6 is 0 Å². The molecule has 0 aromatic carbocycles. The molecule has 0 aliphatic carbocycles. The van der Waals surface area contributed by atoms with Crippen LogP contribution in [0.2, 0.25) is 8.87 Å². The average Bonchev–Trinajstić information content (AvgIpc) is 2.54. The summed E-state index contributed by atoms with van der Waals surface area (Å²) in [4.78, 5) is 19.1. The van der Waals surface area contributed by atoms with Crippen LogP contribution in [0.25, 0.3) is 0 Å². The van der Waals surface area contributed by atoms with Gasteiger partial charge in [-0.15, -0.1) is 0 Å². The van der Waals surface area contributed by atoms with E-state index in [-0.39, 0.29) is 21.1 Å². The maximum Gasteiger partial charge on any atom is 0.0677 e. The number of aliphatic carboxylic acids is 2. The Hall–Kier alpha value is -0.421. The molecule has 9 heteroatoms. The van der Waals surface area contributed by atoms with E-state index < -0.39 is 37.2 Å². The smallest absolute Gasteiger partial charge is 0.0677 e. The Morgan fingerprint density at radius 2 is 1.22 bits per heavy atom. The third-order valence-corrected chi connectivity index (χ3v) is 6.45. The topological polar surface area (TPSA) is 173 Å². The van der Waals surface area contributed by atoms with Gasteiger partial charge in [0.1, 0.15) is 0 Å². The van der Waals surface area contributed by atoms with Gasteiger partial charge in [-0.2, -0.15) is 0 Å². The fourth-order valence-corrected chi connectivity index (χ4v) is 5.04. The molecule has 0 saturated carbocycles. The number of hydrogen-bond donors (Lipinski definition) is 4. The van der Waals surface area contributed by atoms with E-state index in [1.165, 1.54) is 25.7 Å². The number of hydrogen-bond acceptors (Lipinski definition) is 8. The number of nitrogens with two attached hydrogens (primary N) is 2. The predicted octanol–water partition coefficient (Wildman–Crippen LogP) is -2.76. The molecule has 2 atom stereocenters. The summed E-state index contributed by atoms with van der Waals surface area (Å²) in [6, 6.07) is -2.47. The van der Waals surface area contributed by atoms with Crippen LogP contribution in [0, 0.1) is 0 Å². The zero-order valence-corrected chi connectivity index (χ0v) is 16.8. The Morgan fingerprint density at radius 1 is 0.913 bits per heavy atom. The molecule has 0 saturated heterocycles. The van der Waals surface area contributed by atoms with Gasteiger partial charge in [-0.3, -0.25) is 0 Å². The monoisotopic (exact) mass is 442 g/mol. The van der Waals surface area contributed by atoms with E-state index in [0.717, 1.165) is 0 Å². The van der Waals surface area contributed by atoms with Gasteiger partial charge in [0.25, 0.3) is 0 Å². The molecule has 23 heavy (non-hydrogen) atoms. The Labute approximate surface area is 148 Å². The fourth-order valence-electron chi connectivity index (χ4n) is 0.878. The molecular weight excluding hydrogens is 411 g/mol. The zero-order valence-electron chi connectivity index (χ0n) is 14.0. The molecule has 0 aromatic heterocycles. The summed E-state index contributed by atoms with van der Waals surface area (Å²) in [5, 5.41) is 35.0. The van der Waals surface area contributed by atoms with E-state index in [4.69, 9.17) is 21.7 Å². The SMILES string of the molecule is CCC[CH2][Sn+2][CH2]CCC.N[C@@H](CO)C(=O)[O-].N[C@@H](CO)C(=O)[O-]. The van der Waals surface area contributed by atoms with Gasteiger partial charge in [-0.05, 0) is 0 Å². The van der Waals surface area contributed by atoms with Crippen molar-refractivity contribution < 1.29 is 30.0 Å². The third-order valence-electron chi connectivity index (χ3n) is 2.41. The average molecular weight is 441 g/mol. The van der Waals surface area contributed by atoms with Gasteiger partial charge >= 0.3 is 69.5 Å². The number of aliphatic hydroxyl groups is 2. The van der Waals surface area contributed by atoms with E-state index in [9.17, 15) is 19.8 Å². The Bertz CT molecular complexity index is 256. The van der Waals surface area contributed by atoms with Crippen molar-refractivity contribution in [3.63, 3.8) is 0 Å². The molecule has 8 nitrogen and oxygen atoms in total. The van der Waals surface area contributed by atoms with Crippen molar-refractivity contribution in [3.05, 3.63) is 0 Å². The maximum atomic E-state index is 9.53. The minimum Gasteiger partial charge on any atom is -0.548 e. The van der Waals surface area contributed by atoms with Crippen LogP contribution in [0.1, 0.15) is 39.5 Å². The van der Waals surface area contributed by atoms with Crippen molar-refractivity contribution >= 4 is 33.1 Å². The number of carbonyl (C=O) groups is 2. The van der Waals surface area contributed by atoms with Gasteiger partial charge < -0.3 is 41.5 Å². The summed E-state index contributed by atoms with van der Waals surface area (Å²) >= 11 is 0.149. The van der Waals surface area contributed by atoms with Gasteiger partial charge in [0, 0.05) is 0 Å². The van der Waals surface area contributed by atoms with Gasteiger partial charge in [-0.25, -0.2) is 0 Å². The number of unbranched alkanes of at least 4 members (excludes halogenated alkanes) is 2. The second kappa shape index (κ2) is 21.6. The normalized spacial score (nSPS) is 11.7. The van der Waals surface area contributed by atoms with Gasteiger partial charge in [0.15, 0.2) is 0 Å². The summed E-state index contributed by atoms with van der Waals surface area (Å²) in [5.74, 6) is -2.86. The molecule has 136 valence electrons. The summed E-state index contributed by atoms with van der Waals surface area (Å²) in [5.41, 5.74) is 9.41. The first kappa shape index (κ1) is 27.4. The quantitative estimate of drug-likeness (QED) is 0.209. The molecule has 0 unspecified atom stereocenters. The Morgan fingerprint density at radius 3 is 1.35 bits per heavy atom. The minimum atomic E-state index is -1.43. The van der Waals surface area contributed by atoms with Crippen molar-refractivity contribution in [2.24, 2.45) is 11.5 Å². The van der Waals surface area contributed by atoms with Crippen LogP contribution in [0.3, 0.4) is 0 Å². The van der Waals surface area contributed by atoms with Crippen LogP contribution in [0.5, 0.6) is 0 Å². The summed E-state index contributed by atoms with van der Waals surface area (Å²) in [7, 11) is 0. The second-order valence-electron chi connectivity index (χ2n) is 4.67. The number of aliphatic hydroxyl groups excluding tert-OH is 2. The molecule has 0 amide bonds. The molecule has 0 aliphatic heterocycles. The first-order chi connectivity index (χ1) is 10.8. The van der Waals surface area contributed by atoms with Crippen molar-refractivity contribution in [3.8, 4) is 0 Å². The van der Waals surface area contributed by atoms with Crippen molar-refractivity contribution in [1.82, 2.24) is 0 Å². The van der Waals surface area contributed by atoms with Gasteiger partial charge in [0.05, 0.1) is 37.2 Å². The molecule has 0 fully saturated rings. The number of rotatable bonds is 10. The molecular formula is C14H30N2O6Sn. The molecule has 0 bridgehead atoms. The number of carboxylic acids is 2. The van der Waals surface area contributed by atoms with Gasteiger partial charge in [-0.1, -0.05) is 0 Å². The summed E-state index contributed by atoms with van der Waals surface area (Å²) in [6.07, 6.45) is 5.84. The number of carboxylic acid groups (broad SMARTS) is 2. The zero-order chi connectivity index (χ0) is 18.7.